The topological polar surface area (TPSA) is 104 Å². The number of carbonyl (C=O) groups is 3. The van der Waals surface area contributed by atoms with Crippen molar-refractivity contribution < 1.29 is 14.4 Å². The Morgan fingerprint density at radius 2 is 1.60 bits per heavy atom. The van der Waals surface area contributed by atoms with E-state index < -0.39 is 0 Å². The number of aromatic nitrogens is 1. The van der Waals surface area contributed by atoms with E-state index in [2.05, 4.69) is 78.6 Å². The second-order valence-electron chi connectivity index (χ2n) is 10.3. The number of hydrogen-bond acceptors (Lipinski definition) is 4. The zero-order valence-electron chi connectivity index (χ0n) is 25.1. The quantitative estimate of drug-likeness (QED) is 0.176. The van der Waals surface area contributed by atoms with Crippen LogP contribution in [0.1, 0.15) is 79.7 Å². The van der Waals surface area contributed by atoms with Crippen LogP contribution in [0.4, 0.5) is 0 Å². The number of carbonyl (C=O) groups excluding carboxylic acids is 3. The number of benzene rings is 3. The molecule has 0 saturated heterocycles. The maximum atomic E-state index is 12.7. The first kappa shape index (κ1) is 31.8. The molecule has 0 bridgehead atoms. The van der Waals surface area contributed by atoms with Crippen molar-refractivity contribution >= 4 is 28.6 Å². The molecule has 5 rings (SSSR count). The average molecular weight is 565 g/mol. The smallest absolute Gasteiger partial charge is 0.258 e. The SMILES string of the molecule is CC.CCCn1ccc2cc(-c3cccc([C@@H](CC(C)C)C(=O)NCC#N)c3)ccc21.O=C1NC(=O)c2ccccc21. The lowest BCUT2D eigenvalue weighted by atomic mass is 9.88. The van der Waals surface area contributed by atoms with Crippen molar-refractivity contribution in [1.82, 2.24) is 15.2 Å². The van der Waals surface area contributed by atoms with E-state index in [4.69, 9.17) is 5.26 Å². The number of nitrogens with one attached hydrogen (secondary N) is 2. The predicted octanol–water partition coefficient (Wildman–Crippen LogP) is 7.08. The van der Waals surface area contributed by atoms with Crippen molar-refractivity contribution in [3.05, 3.63) is 95.7 Å². The molecule has 1 aliphatic heterocycles. The van der Waals surface area contributed by atoms with Gasteiger partial charge in [0.15, 0.2) is 0 Å². The molecule has 7 nitrogen and oxygen atoms in total. The van der Waals surface area contributed by atoms with Crippen LogP contribution in [0.5, 0.6) is 0 Å². The molecular formula is C35H40N4O3. The van der Waals surface area contributed by atoms with E-state index in [9.17, 15) is 14.4 Å². The summed E-state index contributed by atoms with van der Waals surface area (Å²) in [5.74, 6) is -0.551. The summed E-state index contributed by atoms with van der Waals surface area (Å²) < 4.78 is 2.29. The molecule has 3 aromatic carbocycles. The molecule has 0 aliphatic carbocycles. The van der Waals surface area contributed by atoms with Crippen molar-refractivity contribution in [1.29, 1.82) is 5.26 Å². The van der Waals surface area contributed by atoms with Gasteiger partial charge in [-0.3, -0.25) is 19.7 Å². The Bertz CT molecular complexity index is 1550. The van der Waals surface area contributed by atoms with Gasteiger partial charge in [0.1, 0.15) is 6.54 Å². The number of hydrogen-bond donors (Lipinski definition) is 2. The van der Waals surface area contributed by atoms with Crippen molar-refractivity contribution in [2.75, 3.05) is 6.54 Å². The fraction of sp³-hybridized carbons (Fsp3) is 0.314. The highest BCUT2D eigenvalue weighted by Gasteiger charge is 2.25. The highest BCUT2D eigenvalue weighted by molar-refractivity contribution is 6.21. The number of nitriles is 1. The number of aryl methyl sites for hydroxylation is 1. The van der Waals surface area contributed by atoms with Crippen molar-refractivity contribution in [3.8, 4) is 17.2 Å². The molecule has 0 fully saturated rings. The van der Waals surface area contributed by atoms with Crippen LogP contribution in [0.2, 0.25) is 0 Å². The second kappa shape index (κ2) is 15.3. The number of amides is 3. The molecule has 4 aromatic rings. The summed E-state index contributed by atoms with van der Waals surface area (Å²) in [7, 11) is 0. The van der Waals surface area contributed by atoms with Gasteiger partial charge in [-0.1, -0.05) is 77.1 Å². The van der Waals surface area contributed by atoms with Crippen LogP contribution >= 0.6 is 0 Å². The van der Waals surface area contributed by atoms with Crippen molar-refractivity contribution in [3.63, 3.8) is 0 Å². The normalized spacial score (nSPS) is 12.3. The lowest BCUT2D eigenvalue weighted by Crippen LogP contribution is -2.30. The van der Waals surface area contributed by atoms with Crippen LogP contribution in [0.15, 0.2) is 79.0 Å². The Morgan fingerprint density at radius 3 is 2.21 bits per heavy atom. The van der Waals surface area contributed by atoms with E-state index in [1.165, 1.54) is 10.9 Å². The Balaban J connectivity index is 0.000000308. The molecule has 0 spiro atoms. The molecule has 1 aliphatic rings. The van der Waals surface area contributed by atoms with Gasteiger partial charge in [0.2, 0.25) is 5.91 Å². The first-order valence-electron chi connectivity index (χ1n) is 14.6. The van der Waals surface area contributed by atoms with Crippen molar-refractivity contribution in [2.24, 2.45) is 5.92 Å². The average Bonchev–Trinajstić information content (AvgIpc) is 3.55. The van der Waals surface area contributed by atoms with Gasteiger partial charge in [-0.25, -0.2) is 0 Å². The first-order valence-corrected chi connectivity index (χ1v) is 14.6. The molecule has 218 valence electrons. The summed E-state index contributed by atoms with van der Waals surface area (Å²) in [6, 6.07) is 25.7. The number of imide groups is 1. The summed E-state index contributed by atoms with van der Waals surface area (Å²) in [5.41, 5.74) is 5.44. The largest absolute Gasteiger partial charge is 0.347 e. The Kier molecular flexibility index (Phi) is 11.6. The second-order valence-corrected chi connectivity index (χ2v) is 10.3. The molecule has 0 saturated carbocycles. The van der Waals surface area contributed by atoms with Gasteiger partial charge in [-0.05, 0) is 65.8 Å². The third kappa shape index (κ3) is 7.73. The number of rotatable bonds is 8. The monoisotopic (exact) mass is 564 g/mol. The molecule has 1 atom stereocenters. The molecule has 0 radical (unpaired) electrons. The van der Waals surface area contributed by atoms with Gasteiger partial charge >= 0.3 is 0 Å². The van der Waals surface area contributed by atoms with Gasteiger partial charge in [0, 0.05) is 23.6 Å². The maximum Gasteiger partial charge on any atom is 0.258 e. The van der Waals surface area contributed by atoms with E-state index in [1.807, 2.05) is 32.0 Å². The zero-order chi connectivity index (χ0) is 30.6. The summed E-state index contributed by atoms with van der Waals surface area (Å²) >= 11 is 0. The molecular weight excluding hydrogens is 524 g/mol. The molecule has 0 unspecified atom stereocenters. The van der Waals surface area contributed by atoms with Crippen molar-refractivity contribution in [2.45, 2.75) is 59.9 Å². The number of nitrogens with zero attached hydrogens (tertiary/aromatic N) is 2. The van der Waals surface area contributed by atoms with Crippen LogP contribution in [-0.2, 0) is 11.3 Å². The molecule has 3 amide bonds. The Morgan fingerprint density at radius 1 is 0.929 bits per heavy atom. The third-order valence-electron chi connectivity index (χ3n) is 6.87. The van der Waals surface area contributed by atoms with E-state index >= 15 is 0 Å². The minimum atomic E-state index is -0.300. The van der Waals surface area contributed by atoms with Crippen LogP contribution in [-0.4, -0.2) is 28.8 Å². The van der Waals surface area contributed by atoms with Gasteiger partial charge in [-0.2, -0.15) is 5.26 Å². The summed E-state index contributed by atoms with van der Waals surface area (Å²) in [6.45, 7) is 11.5. The Hall–Kier alpha value is -4.70. The van der Waals surface area contributed by atoms with Crippen LogP contribution in [0, 0.1) is 17.2 Å². The zero-order valence-corrected chi connectivity index (χ0v) is 25.1. The van der Waals surface area contributed by atoms with Gasteiger partial charge in [-0.15, -0.1) is 0 Å². The van der Waals surface area contributed by atoms with E-state index in [0.717, 1.165) is 36.1 Å². The number of fused-ring (bicyclic) bond motifs is 2. The molecule has 42 heavy (non-hydrogen) atoms. The lowest BCUT2D eigenvalue weighted by Gasteiger charge is -2.19. The summed E-state index contributed by atoms with van der Waals surface area (Å²) in [4.78, 5) is 34.5. The van der Waals surface area contributed by atoms with E-state index in [1.54, 1.807) is 24.3 Å². The van der Waals surface area contributed by atoms with E-state index in [0.29, 0.717) is 17.0 Å². The minimum Gasteiger partial charge on any atom is -0.347 e. The van der Waals surface area contributed by atoms with Gasteiger partial charge < -0.3 is 9.88 Å². The van der Waals surface area contributed by atoms with Crippen LogP contribution in [0.3, 0.4) is 0 Å². The maximum absolute atomic E-state index is 12.7. The standard InChI is InChI=1S/C25H29N3O.C8H5NO2.C2H6/c1-4-13-28-14-10-22-17-20(8-9-24(22)28)19-6-5-7-21(16-19)23(15-18(2)3)25(29)27-12-11-26;10-7-5-3-1-2-4-6(5)8(11)9-7;1-2/h5-10,14,16-18,23H,4,12-13,15H2,1-3H3,(H,27,29);1-4H,(H,9,10,11);1-2H3/t23-;;/m1../s1. The van der Waals surface area contributed by atoms with Crippen LogP contribution < -0.4 is 10.6 Å². The third-order valence-corrected chi connectivity index (χ3v) is 6.87. The highest BCUT2D eigenvalue weighted by Crippen LogP contribution is 2.30. The summed E-state index contributed by atoms with van der Waals surface area (Å²) in [5, 5.41) is 15.0. The Labute approximate surface area is 248 Å². The lowest BCUT2D eigenvalue weighted by molar-refractivity contribution is -0.122. The molecule has 2 N–H and O–H groups in total. The molecule has 2 heterocycles. The fourth-order valence-corrected chi connectivity index (χ4v) is 4.98. The summed E-state index contributed by atoms with van der Waals surface area (Å²) in [6.07, 6.45) is 4.00. The predicted molar refractivity (Wildman–Crippen MR) is 168 cm³/mol. The first-order chi connectivity index (χ1) is 20.3. The molecule has 7 heteroatoms. The van der Waals surface area contributed by atoms with Gasteiger partial charge in [0.05, 0.1) is 23.1 Å². The minimum absolute atomic E-state index is 0.0402. The van der Waals surface area contributed by atoms with Crippen LogP contribution in [0.25, 0.3) is 22.0 Å². The fourth-order valence-electron chi connectivity index (χ4n) is 4.98. The van der Waals surface area contributed by atoms with Gasteiger partial charge in [0.25, 0.3) is 11.8 Å². The molecule has 1 aromatic heterocycles. The highest BCUT2D eigenvalue weighted by atomic mass is 16.2. The van der Waals surface area contributed by atoms with E-state index in [-0.39, 0.29) is 30.2 Å².